The number of anilines is 4. The molecule has 6 aromatic rings. The molecule has 0 saturated carbocycles. The van der Waals surface area contributed by atoms with Gasteiger partial charge in [0.15, 0.2) is 11.6 Å². The van der Waals surface area contributed by atoms with Crippen LogP contribution in [0.1, 0.15) is 44.2 Å². The van der Waals surface area contributed by atoms with Gasteiger partial charge >= 0.3 is 12.2 Å². The largest absolute Gasteiger partial charge is 0.493 e. The van der Waals surface area contributed by atoms with Crippen molar-refractivity contribution in [3.63, 3.8) is 0 Å². The monoisotopic (exact) mass is 1200 g/mol. The Morgan fingerprint density at radius 3 is 1.46 bits per heavy atom. The summed E-state index contributed by atoms with van der Waals surface area (Å²) in [6.07, 6.45) is 12.0. The Morgan fingerprint density at radius 2 is 1.07 bits per heavy atom. The van der Waals surface area contributed by atoms with E-state index in [4.69, 9.17) is 62.2 Å². The van der Waals surface area contributed by atoms with Gasteiger partial charge in [0.1, 0.15) is 58.7 Å². The number of aromatic amines is 1. The van der Waals surface area contributed by atoms with E-state index in [1.54, 1.807) is 68.6 Å². The molecule has 23 nitrogen and oxygen atoms in total. The third-order valence-electron chi connectivity index (χ3n) is 12.9. The van der Waals surface area contributed by atoms with Gasteiger partial charge in [0, 0.05) is 147 Å². The third-order valence-corrected chi connectivity index (χ3v) is 12.9. The zero-order chi connectivity index (χ0) is 58.7. The Morgan fingerprint density at radius 1 is 0.627 bits per heavy atom. The summed E-state index contributed by atoms with van der Waals surface area (Å²) in [5.74, 6) is 5.61. The number of pyridine rings is 4. The van der Waals surface area contributed by atoms with Crippen molar-refractivity contribution in [3.05, 3.63) is 155 Å². The second-order valence-corrected chi connectivity index (χ2v) is 19.6. The number of hydrogen-bond donors (Lipinski definition) is 7. The number of hydrogen-bond acceptors (Lipinski definition) is 20. The first-order valence-corrected chi connectivity index (χ1v) is 27.5. The van der Waals surface area contributed by atoms with E-state index in [1.165, 1.54) is 24.8 Å². The van der Waals surface area contributed by atoms with Gasteiger partial charge in [0.2, 0.25) is 0 Å². The van der Waals surface area contributed by atoms with Crippen molar-refractivity contribution in [1.29, 1.82) is 10.5 Å². The topological polar surface area (TPSA) is 345 Å². The Bertz CT molecular complexity index is 2950. The minimum atomic E-state index is -0.287. The van der Waals surface area contributed by atoms with Gasteiger partial charge in [-0.25, -0.2) is 24.5 Å². The lowest BCUT2D eigenvalue weighted by molar-refractivity contribution is 0.101. The number of aliphatic hydroxyl groups is 1. The van der Waals surface area contributed by atoms with Crippen molar-refractivity contribution in [1.82, 2.24) is 40.0 Å². The SMILES string of the molecule is C.N#CBr.N#CN1CCC(COc2ccnc(N)c2)C1.Nc1cc(=O)cc[nH]1.Nc1cc(OCC2CCN(C(=O)OCc3ccccc3)C2)ccn1.Nc1cc(OCC2CCNC2)ccn1.O=C(OCc1ccccc1)N1CCC(CO)C1. The van der Waals surface area contributed by atoms with Crippen LogP contribution in [0.4, 0.5) is 32.9 Å². The average molecular weight is 1210 g/mol. The number of carbonyl (C=O) groups is 2. The first-order chi connectivity index (χ1) is 39.8. The first kappa shape index (κ1) is 66.7. The van der Waals surface area contributed by atoms with Crippen molar-refractivity contribution in [3.8, 4) is 28.4 Å². The van der Waals surface area contributed by atoms with Gasteiger partial charge in [-0.1, -0.05) is 68.1 Å². The lowest BCUT2D eigenvalue weighted by Gasteiger charge is -2.17. The maximum Gasteiger partial charge on any atom is 0.410 e. The van der Waals surface area contributed by atoms with Crippen molar-refractivity contribution in [2.24, 2.45) is 23.7 Å². The van der Waals surface area contributed by atoms with Crippen LogP contribution in [0.25, 0.3) is 0 Å². The molecule has 4 aliphatic rings. The number of nitrogens with two attached hydrogens (primary N) is 4. The summed E-state index contributed by atoms with van der Waals surface area (Å²) in [5.41, 5.74) is 23.8. The average Bonchev–Trinajstić information content (AvgIpc) is 4.43. The van der Waals surface area contributed by atoms with E-state index in [0.29, 0.717) is 99.4 Å². The number of likely N-dealkylation sites (tertiary alicyclic amines) is 3. The summed E-state index contributed by atoms with van der Waals surface area (Å²) in [5, 5.41) is 28.2. The molecule has 2 aromatic carbocycles. The second kappa shape index (κ2) is 38.0. The molecule has 4 unspecified atom stereocenters. The molecule has 83 heavy (non-hydrogen) atoms. The molecule has 8 heterocycles. The molecule has 0 spiro atoms. The van der Waals surface area contributed by atoms with E-state index in [-0.39, 0.29) is 37.6 Å². The van der Waals surface area contributed by atoms with Gasteiger partial charge in [-0.05, 0) is 61.6 Å². The van der Waals surface area contributed by atoms with Gasteiger partial charge in [-0.3, -0.25) is 4.79 Å². The highest BCUT2D eigenvalue weighted by Gasteiger charge is 2.29. The number of nitrogens with zero attached hydrogens (tertiary/aromatic N) is 8. The highest BCUT2D eigenvalue weighted by Crippen LogP contribution is 2.22. The molecule has 0 bridgehead atoms. The number of H-pyrrole nitrogens is 1. The summed E-state index contributed by atoms with van der Waals surface area (Å²) in [4.78, 5) is 55.3. The number of nitriles is 2. The van der Waals surface area contributed by atoms with E-state index >= 15 is 0 Å². The Balaban J connectivity index is 0.000000226. The lowest BCUT2D eigenvalue weighted by Crippen LogP contribution is -2.30. The summed E-state index contributed by atoms with van der Waals surface area (Å²) >= 11 is 2.45. The molecular weight excluding hydrogens is 1130 g/mol. The zero-order valence-corrected chi connectivity index (χ0v) is 47.3. The molecule has 444 valence electrons. The van der Waals surface area contributed by atoms with E-state index in [0.717, 1.165) is 74.7 Å². The predicted octanol–water partition coefficient (Wildman–Crippen LogP) is 7.29. The number of rotatable bonds is 14. The Hall–Kier alpha value is -8.84. The number of amides is 2. The van der Waals surface area contributed by atoms with Crippen LogP contribution >= 0.6 is 15.9 Å². The molecule has 4 aliphatic heterocycles. The number of nitrogen functional groups attached to an aromatic ring is 4. The second-order valence-electron chi connectivity index (χ2n) is 19.3. The van der Waals surface area contributed by atoms with Crippen LogP contribution < -0.4 is 47.9 Å². The number of aliphatic hydroxyl groups excluding tert-OH is 1. The fourth-order valence-corrected chi connectivity index (χ4v) is 8.48. The van der Waals surface area contributed by atoms with Gasteiger partial charge in [-0.15, -0.1) is 0 Å². The normalized spacial score (nSPS) is 17.1. The van der Waals surface area contributed by atoms with Gasteiger partial charge in [0.25, 0.3) is 0 Å². The third kappa shape index (κ3) is 26.5. The van der Waals surface area contributed by atoms with Crippen LogP contribution in [0.15, 0.2) is 139 Å². The fraction of sp³-hybridized carbons (Fsp3) is 0.390. The summed E-state index contributed by atoms with van der Waals surface area (Å²) < 4.78 is 27.5. The molecular formula is C59H77BrN14O9. The quantitative estimate of drug-likeness (QED) is 0.0526. The minimum absolute atomic E-state index is 0. The first-order valence-electron chi connectivity index (χ1n) is 26.7. The number of ether oxygens (including phenoxy) is 5. The molecule has 24 heteroatoms. The Labute approximate surface area is 493 Å². The summed E-state index contributed by atoms with van der Waals surface area (Å²) in [6.45, 7) is 9.09. The molecule has 4 saturated heterocycles. The highest BCUT2D eigenvalue weighted by molar-refractivity contribution is 9.12. The maximum atomic E-state index is 12.1. The predicted molar refractivity (Wildman–Crippen MR) is 321 cm³/mol. The molecule has 0 aliphatic carbocycles. The van der Waals surface area contributed by atoms with E-state index < -0.39 is 0 Å². The number of benzene rings is 2. The number of carbonyl (C=O) groups excluding carboxylic acids is 2. The lowest BCUT2D eigenvalue weighted by atomic mass is 10.1. The van der Waals surface area contributed by atoms with Crippen molar-refractivity contribution in [2.45, 2.75) is 46.3 Å². The molecule has 4 atom stereocenters. The van der Waals surface area contributed by atoms with E-state index in [9.17, 15) is 14.4 Å². The van der Waals surface area contributed by atoms with Crippen molar-refractivity contribution < 1.29 is 38.4 Å². The van der Waals surface area contributed by atoms with Gasteiger partial charge in [0.05, 0.1) is 19.8 Å². The smallest absolute Gasteiger partial charge is 0.410 e. The van der Waals surface area contributed by atoms with Crippen LogP contribution in [0, 0.1) is 45.4 Å². The van der Waals surface area contributed by atoms with Gasteiger partial charge in [-0.2, -0.15) is 10.5 Å². The van der Waals surface area contributed by atoms with Crippen LogP contribution in [0.2, 0.25) is 0 Å². The van der Waals surface area contributed by atoms with Crippen LogP contribution in [0.5, 0.6) is 17.2 Å². The molecule has 11 N–H and O–H groups in total. The number of nitrogens with one attached hydrogen (secondary N) is 2. The summed E-state index contributed by atoms with van der Waals surface area (Å²) in [7, 11) is 0. The molecule has 10 rings (SSSR count). The summed E-state index contributed by atoms with van der Waals surface area (Å²) in [6, 6.07) is 32.6. The molecule has 4 aromatic heterocycles. The van der Waals surface area contributed by atoms with Crippen molar-refractivity contribution >= 4 is 51.4 Å². The zero-order valence-electron chi connectivity index (χ0n) is 45.7. The highest BCUT2D eigenvalue weighted by atomic mass is 79.9. The molecule has 4 fully saturated rings. The van der Waals surface area contributed by atoms with E-state index in [2.05, 4.69) is 47.4 Å². The Kier molecular flexibility index (Phi) is 30.5. The minimum Gasteiger partial charge on any atom is -0.493 e. The van der Waals surface area contributed by atoms with Crippen LogP contribution in [-0.2, 0) is 22.7 Å². The van der Waals surface area contributed by atoms with Crippen LogP contribution in [-0.4, -0.2) is 131 Å². The fourth-order valence-electron chi connectivity index (χ4n) is 8.48. The maximum absolute atomic E-state index is 12.1. The molecule has 2 amide bonds. The van der Waals surface area contributed by atoms with E-state index in [1.807, 2.05) is 66.7 Å². The molecule has 0 radical (unpaired) electrons. The van der Waals surface area contributed by atoms with Crippen LogP contribution in [0.3, 0.4) is 0 Å². The van der Waals surface area contributed by atoms with Crippen molar-refractivity contribution in [2.75, 3.05) is 102 Å². The van der Waals surface area contributed by atoms with Gasteiger partial charge < -0.3 is 76.7 Å². The number of halogens is 1. The standard InChI is InChI=1S/C18H21N3O3.C13H17NO3.C11H14N4O.C10H15N3O.C5H6N2O.CBrN.CH4/c19-17-10-16(6-8-20-17)23-13-15-7-9-21(11-15)18(22)24-12-14-4-2-1-3-5-14;15-9-12-6-7-14(8-12)13(16)17-10-11-4-2-1-3-5-11;12-8-15-4-2-9(6-15)7-16-10-1-3-14-11(13)5-10;11-10-5-9(2-4-13-10)14-7-8-1-3-12-6-8;6-5-3-4(8)1-2-7-5;2-1-3;/h1-6,8,10,15H,7,9,11-13H2,(H2,19,20);1-5,12,15H,6-10H2;1,3,5,9H,2,4,6-7H2,(H2,13,14);2,4-5,8,12H,1,3,6-7H2,(H2,11,13);1-3H,(H3,6,7,8);;1H4. The number of aromatic nitrogens is 4.